The molecule has 0 amide bonds. The Balaban J connectivity index is 2.39. The van der Waals surface area contributed by atoms with Crippen molar-refractivity contribution < 1.29 is 0 Å². The molecule has 90 valence electrons. The molecule has 0 fully saturated rings. The fourth-order valence-electron chi connectivity index (χ4n) is 1.80. The van der Waals surface area contributed by atoms with Gasteiger partial charge in [-0.1, -0.05) is 48.1 Å². The molecular formula is C13H15BrN2S. The van der Waals surface area contributed by atoms with E-state index >= 15 is 0 Å². The van der Waals surface area contributed by atoms with E-state index in [0.29, 0.717) is 5.92 Å². The van der Waals surface area contributed by atoms with E-state index in [1.807, 2.05) is 35.0 Å². The van der Waals surface area contributed by atoms with Crippen molar-refractivity contribution in [2.24, 2.45) is 5.92 Å². The molecule has 1 aromatic heterocycles. The Hall–Kier alpha value is -0.870. The van der Waals surface area contributed by atoms with Crippen molar-refractivity contribution in [1.29, 1.82) is 0 Å². The fourth-order valence-corrected chi connectivity index (χ4v) is 2.48. The lowest BCUT2D eigenvalue weighted by atomic mass is 10.1. The fraction of sp³-hybridized carbons (Fsp3) is 0.308. The Kier molecular flexibility index (Phi) is 3.84. The van der Waals surface area contributed by atoms with E-state index in [0.717, 1.165) is 21.2 Å². The van der Waals surface area contributed by atoms with Gasteiger partial charge < -0.3 is 0 Å². The number of H-pyrrole nitrogens is 1. The highest BCUT2D eigenvalue weighted by Gasteiger charge is 2.04. The molecule has 0 bridgehead atoms. The van der Waals surface area contributed by atoms with E-state index in [4.69, 9.17) is 12.2 Å². The molecule has 0 aliphatic carbocycles. The Morgan fingerprint density at radius 2 is 2.12 bits per heavy atom. The molecule has 0 atom stereocenters. The maximum absolute atomic E-state index is 5.37. The second-order valence-corrected chi connectivity index (χ2v) is 5.87. The van der Waals surface area contributed by atoms with E-state index in [1.54, 1.807) is 0 Å². The molecule has 4 heteroatoms. The zero-order chi connectivity index (χ0) is 12.4. The van der Waals surface area contributed by atoms with Crippen molar-refractivity contribution in [1.82, 2.24) is 9.78 Å². The summed E-state index contributed by atoms with van der Waals surface area (Å²) in [6, 6.07) is 10.1. The Labute approximate surface area is 115 Å². The minimum Gasteiger partial charge on any atom is -0.297 e. The normalized spacial score (nSPS) is 11.1. The standard InChI is InChI=1S/C13H15BrN2S/c1-9(2)6-11-8-13(17)16(15-11)12-5-3-4-10(14)7-12/h3-5,7-9,15H,6H2,1-2H3. The lowest BCUT2D eigenvalue weighted by molar-refractivity contribution is 0.628. The first-order valence-corrected chi connectivity index (χ1v) is 6.83. The summed E-state index contributed by atoms with van der Waals surface area (Å²) in [4.78, 5) is 0. The van der Waals surface area contributed by atoms with Crippen LogP contribution in [-0.2, 0) is 6.42 Å². The minimum absolute atomic E-state index is 0.624. The third-order valence-corrected chi connectivity index (χ3v) is 3.26. The predicted molar refractivity (Wildman–Crippen MR) is 77.2 cm³/mol. The molecule has 2 nitrogen and oxygen atoms in total. The van der Waals surface area contributed by atoms with Crippen LogP contribution in [0.4, 0.5) is 0 Å². The average molecular weight is 311 g/mol. The van der Waals surface area contributed by atoms with E-state index in [9.17, 15) is 0 Å². The Bertz CT molecular complexity index is 569. The number of rotatable bonds is 3. The van der Waals surface area contributed by atoms with Gasteiger partial charge in [-0.3, -0.25) is 5.10 Å². The molecule has 2 aromatic rings. The van der Waals surface area contributed by atoms with Gasteiger partial charge in [0.15, 0.2) is 0 Å². The van der Waals surface area contributed by atoms with E-state index in [1.165, 1.54) is 5.69 Å². The quantitative estimate of drug-likeness (QED) is 0.828. The van der Waals surface area contributed by atoms with Gasteiger partial charge in [0.25, 0.3) is 0 Å². The van der Waals surface area contributed by atoms with Gasteiger partial charge in [-0.05, 0) is 36.6 Å². The molecule has 1 aromatic carbocycles. The van der Waals surface area contributed by atoms with Crippen molar-refractivity contribution in [3.63, 3.8) is 0 Å². The van der Waals surface area contributed by atoms with Gasteiger partial charge >= 0.3 is 0 Å². The lowest BCUT2D eigenvalue weighted by Gasteiger charge is -2.04. The maximum Gasteiger partial charge on any atom is 0.127 e. The highest BCUT2D eigenvalue weighted by Crippen LogP contribution is 2.16. The van der Waals surface area contributed by atoms with E-state index in [2.05, 4.69) is 34.9 Å². The minimum atomic E-state index is 0.624. The number of aromatic nitrogens is 2. The van der Waals surface area contributed by atoms with Crippen LogP contribution in [0.3, 0.4) is 0 Å². The average Bonchev–Trinajstić information content (AvgIpc) is 2.58. The number of nitrogens with one attached hydrogen (secondary N) is 1. The van der Waals surface area contributed by atoms with Crippen LogP contribution >= 0.6 is 28.1 Å². The summed E-state index contributed by atoms with van der Waals surface area (Å²) in [5, 5.41) is 3.35. The van der Waals surface area contributed by atoms with Gasteiger partial charge in [0.2, 0.25) is 0 Å². The second kappa shape index (κ2) is 5.19. The molecule has 0 spiro atoms. The highest BCUT2D eigenvalue weighted by molar-refractivity contribution is 9.10. The molecule has 0 saturated heterocycles. The topological polar surface area (TPSA) is 20.7 Å². The summed E-state index contributed by atoms with van der Waals surface area (Å²) in [7, 11) is 0. The van der Waals surface area contributed by atoms with Crippen molar-refractivity contribution >= 4 is 28.1 Å². The van der Waals surface area contributed by atoms with Crippen LogP contribution < -0.4 is 0 Å². The van der Waals surface area contributed by atoms with Gasteiger partial charge in [0.05, 0.1) is 5.69 Å². The zero-order valence-electron chi connectivity index (χ0n) is 9.90. The van der Waals surface area contributed by atoms with Crippen molar-refractivity contribution in [2.75, 3.05) is 0 Å². The number of nitrogens with zero attached hydrogens (tertiary/aromatic N) is 1. The van der Waals surface area contributed by atoms with Gasteiger partial charge in [-0.2, -0.15) is 0 Å². The summed E-state index contributed by atoms with van der Waals surface area (Å²) in [6.45, 7) is 4.40. The highest BCUT2D eigenvalue weighted by atomic mass is 79.9. The molecule has 0 aliphatic rings. The van der Waals surface area contributed by atoms with Crippen LogP contribution in [0.1, 0.15) is 19.5 Å². The Morgan fingerprint density at radius 1 is 1.35 bits per heavy atom. The molecule has 1 N–H and O–H groups in total. The van der Waals surface area contributed by atoms with Gasteiger partial charge in [-0.15, -0.1) is 0 Å². The SMILES string of the molecule is CC(C)Cc1cc(=S)n(-c2cccc(Br)c2)[nH]1. The first kappa shape index (κ1) is 12.6. The summed E-state index contributed by atoms with van der Waals surface area (Å²) in [5.41, 5.74) is 2.24. The second-order valence-electron chi connectivity index (χ2n) is 4.53. The number of aromatic amines is 1. The van der Waals surface area contributed by atoms with E-state index in [-0.39, 0.29) is 0 Å². The Morgan fingerprint density at radius 3 is 2.76 bits per heavy atom. The lowest BCUT2D eigenvalue weighted by Crippen LogP contribution is -1.99. The largest absolute Gasteiger partial charge is 0.297 e. The monoisotopic (exact) mass is 310 g/mol. The van der Waals surface area contributed by atoms with Crippen LogP contribution in [0.15, 0.2) is 34.8 Å². The first-order valence-electron chi connectivity index (χ1n) is 5.63. The molecule has 0 unspecified atom stereocenters. The van der Waals surface area contributed by atoms with Gasteiger partial charge in [0.1, 0.15) is 4.64 Å². The van der Waals surface area contributed by atoms with Crippen molar-refractivity contribution in [3.8, 4) is 5.69 Å². The smallest absolute Gasteiger partial charge is 0.127 e. The van der Waals surface area contributed by atoms with Crippen LogP contribution in [0.25, 0.3) is 5.69 Å². The van der Waals surface area contributed by atoms with Gasteiger partial charge in [0, 0.05) is 10.2 Å². The summed E-state index contributed by atoms with van der Waals surface area (Å²) in [6.07, 6.45) is 1.02. The van der Waals surface area contributed by atoms with Crippen molar-refractivity contribution in [2.45, 2.75) is 20.3 Å². The molecule has 0 saturated carbocycles. The van der Waals surface area contributed by atoms with E-state index < -0.39 is 0 Å². The van der Waals surface area contributed by atoms with Crippen LogP contribution in [0.2, 0.25) is 0 Å². The number of halogens is 1. The molecule has 17 heavy (non-hydrogen) atoms. The third kappa shape index (κ3) is 3.07. The molecule has 2 rings (SSSR count). The molecular weight excluding hydrogens is 296 g/mol. The first-order chi connectivity index (χ1) is 8.06. The number of hydrogen-bond donors (Lipinski definition) is 1. The predicted octanol–water partition coefficient (Wildman–Crippen LogP) is 4.50. The van der Waals surface area contributed by atoms with Gasteiger partial charge in [-0.25, -0.2) is 4.68 Å². The molecule has 1 heterocycles. The van der Waals surface area contributed by atoms with Crippen LogP contribution in [0, 0.1) is 10.6 Å². The van der Waals surface area contributed by atoms with Crippen molar-refractivity contribution in [3.05, 3.63) is 45.1 Å². The number of hydrogen-bond acceptors (Lipinski definition) is 1. The summed E-state index contributed by atoms with van der Waals surface area (Å²) < 4.78 is 3.81. The van der Waals surface area contributed by atoms with Crippen LogP contribution in [0.5, 0.6) is 0 Å². The maximum atomic E-state index is 5.37. The molecule has 0 radical (unpaired) electrons. The summed E-state index contributed by atoms with van der Waals surface area (Å²) in [5.74, 6) is 0.624. The third-order valence-electron chi connectivity index (χ3n) is 2.47. The zero-order valence-corrected chi connectivity index (χ0v) is 12.3. The number of benzene rings is 1. The molecule has 0 aliphatic heterocycles. The summed E-state index contributed by atoms with van der Waals surface area (Å²) >= 11 is 8.84. The van der Waals surface area contributed by atoms with Crippen LogP contribution in [-0.4, -0.2) is 9.78 Å².